The topological polar surface area (TPSA) is 75.4 Å². The second-order valence-corrected chi connectivity index (χ2v) is 5.96. The quantitative estimate of drug-likeness (QED) is 0.742. The molecule has 1 aliphatic carbocycles. The molecule has 0 spiro atoms. The minimum atomic E-state index is -3.35. The van der Waals surface area contributed by atoms with Crippen molar-refractivity contribution < 1.29 is 8.42 Å². The Morgan fingerprint density at radius 3 is 2.31 bits per heavy atom. The van der Waals surface area contributed by atoms with Gasteiger partial charge in [-0.15, -0.1) is 0 Å². The molecule has 1 rings (SSSR count). The zero-order valence-electron chi connectivity index (χ0n) is 10.1. The molecule has 1 saturated carbocycles. The Labute approximate surface area is 98.6 Å². The Kier molecular flexibility index (Phi) is 5.17. The normalized spacial score (nSPS) is 27.2. The van der Waals surface area contributed by atoms with E-state index in [2.05, 4.69) is 4.72 Å². The van der Waals surface area contributed by atoms with Gasteiger partial charge in [0.15, 0.2) is 0 Å². The van der Waals surface area contributed by atoms with Gasteiger partial charge < -0.3 is 5.73 Å². The van der Waals surface area contributed by atoms with Crippen LogP contribution in [0.1, 0.15) is 39.5 Å². The lowest BCUT2D eigenvalue weighted by molar-refractivity contribution is 0.347. The van der Waals surface area contributed by atoms with Crippen LogP contribution in [-0.2, 0) is 10.2 Å². The molecule has 0 heterocycles. The Balaban J connectivity index is 2.63. The average Bonchev–Trinajstić information content (AvgIpc) is 2.22. The maximum atomic E-state index is 12.0. The van der Waals surface area contributed by atoms with E-state index >= 15 is 0 Å². The first kappa shape index (κ1) is 13.9. The molecule has 0 amide bonds. The van der Waals surface area contributed by atoms with E-state index in [1.807, 2.05) is 13.8 Å². The van der Waals surface area contributed by atoms with Gasteiger partial charge in [0.05, 0.1) is 0 Å². The number of nitrogens with zero attached hydrogens (tertiary/aromatic N) is 1. The third-order valence-electron chi connectivity index (χ3n) is 3.17. The largest absolute Gasteiger partial charge is 0.326 e. The van der Waals surface area contributed by atoms with E-state index in [4.69, 9.17) is 5.73 Å². The predicted molar refractivity (Wildman–Crippen MR) is 65.2 cm³/mol. The smallest absolute Gasteiger partial charge is 0.279 e. The Morgan fingerprint density at radius 1 is 1.25 bits per heavy atom. The van der Waals surface area contributed by atoms with Gasteiger partial charge in [0.25, 0.3) is 10.2 Å². The van der Waals surface area contributed by atoms with E-state index in [9.17, 15) is 8.42 Å². The van der Waals surface area contributed by atoms with Crippen molar-refractivity contribution in [3.8, 4) is 0 Å². The fourth-order valence-corrected chi connectivity index (χ4v) is 3.64. The minimum absolute atomic E-state index is 0.0425. The molecule has 16 heavy (non-hydrogen) atoms. The van der Waals surface area contributed by atoms with Crippen molar-refractivity contribution in [3.63, 3.8) is 0 Å². The van der Waals surface area contributed by atoms with Gasteiger partial charge in [0.2, 0.25) is 0 Å². The van der Waals surface area contributed by atoms with E-state index in [1.54, 1.807) is 0 Å². The van der Waals surface area contributed by atoms with Crippen LogP contribution < -0.4 is 10.5 Å². The summed E-state index contributed by atoms with van der Waals surface area (Å²) < 4.78 is 28.1. The van der Waals surface area contributed by atoms with Crippen molar-refractivity contribution in [2.75, 3.05) is 13.1 Å². The molecule has 1 fully saturated rings. The molecule has 0 aromatic carbocycles. The van der Waals surface area contributed by atoms with Crippen molar-refractivity contribution in [1.82, 2.24) is 9.03 Å². The molecule has 0 aromatic heterocycles. The van der Waals surface area contributed by atoms with Crippen molar-refractivity contribution in [2.24, 2.45) is 5.73 Å². The highest BCUT2D eigenvalue weighted by Crippen LogP contribution is 2.18. The van der Waals surface area contributed by atoms with Crippen LogP contribution >= 0.6 is 0 Å². The van der Waals surface area contributed by atoms with Gasteiger partial charge in [-0.25, -0.2) is 0 Å². The van der Waals surface area contributed by atoms with Gasteiger partial charge >= 0.3 is 0 Å². The van der Waals surface area contributed by atoms with Crippen LogP contribution in [0, 0.1) is 0 Å². The summed E-state index contributed by atoms with van der Waals surface area (Å²) in [7, 11) is -3.35. The predicted octanol–water partition coefficient (Wildman–Crippen LogP) is 0.433. The van der Waals surface area contributed by atoms with Gasteiger partial charge in [0.1, 0.15) is 0 Å². The molecule has 2 unspecified atom stereocenters. The van der Waals surface area contributed by atoms with E-state index in [0.717, 1.165) is 25.7 Å². The van der Waals surface area contributed by atoms with Gasteiger partial charge in [-0.3, -0.25) is 0 Å². The van der Waals surface area contributed by atoms with E-state index < -0.39 is 10.2 Å². The lowest BCUT2D eigenvalue weighted by Crippen LogP contribution is -2.53. The number of rotatable bonds is 5. The molecular formula is C10H23N3O2S. The summed E-state index contributed by atoms with van der Waals surface area (Å²) >= 11 is 0. The van der Waals surface area contributed by atoms with E-state index in [0.29, 0.717) is 13.1 Å². The molecule has 0 bridgehead atoms. The lowest BCUT2D eigenvalue weighted by atomic mass is 9.92. The summed E-state index contributed by atoms with van der Waals surface area (Å²) in [5.41, 5.74) is 5.92. The highest BCUT2D eigenvalue weighted by molar-refractivity contribution is 7.87. The fraction of sp³-hybridized carbons (Fsp3) is 1.00. The Bertz CT molecular complexity index is 301. The maximum Gasteiger partial charge on any atom is 0.279 e. The zero-order valence-corrected chi connectivity index (χ0v) is 11.0. The van der Waals surface area contributed by atoms with Crippen molar-refractivity contribution in [2.45, 2.75) is 51.6 Å². The first-order chi connectivity index (χ1) is 7.51. The fourth-order valence-electron chi connectivity index (χ4n) is 2.14. The molecule has 1 aliphatic rings. The maximum absolute atomic E-state index is 12.0. The minimum Gasteiger partial charge on any atom is -0.326 e. The summed E-state index contributed by atoms with van der Waals surface area (Å²) in [6.07, 6.45) is 3.91. The van der Waals surface area contributed by atoms with Crippen molar-refractivity contribution in [3.05, 3.63) is 0 Å². The molecule has 96 valence electrons. The first-order valence-corrected chi connectivity index (χ1v) is 7.48. The highest BCUT2D eigenvalue weighted by Gasteiger charge is 2.28. The number of hydrogen-bond acceptors (Lipinski definition) is 3. The average molecular weight is 249 g/mol. The monoisotopic (exact) mass is 249 g/mol. The molecular weight excluding hydrogens is 226 g/mol. The van der Waals surface area contributed by atoms with E-state index in [1.165, 1.54) is 4.31 Å². The SMILES string of the molecule is CCN(CC)S(=O)(=O)NC1CCCCC1N. The molecule has 3 N–H and O–H groups in total. The second-order valence-electron chi connectivity index (χ2n) is 4.26. The van der Waals surface area contributed by atoms with Gasteiger partial charge in [0, 0.05) is 25.2 Å². The van der Waals surface area contributed by atoms with Crippen LogP contribution in [0.2, 0.25) is 0 Å². The zero-order chi connectivity index (χ0) is 12.2. The Hall–Kier alpha value is -0.170. The summed E-state index contributed by atoms with van der Waals surface area (Å²) in [5.74, 6) is 0. The third kappa shape index (κ3) is 3.41. The molecule has 5 nitrogen and oxygen atoms in total. The van der Waals surface area contributed by atoms with Crippen LogP contribution in [0.5, 0.6) is 0 Å². The van der Waals surface area contributed by atoms with Crippen LogP contribution in [0.15, 0.2) is 0 Å². The summed E-state index contributed by atoms with van der Waals surface area (Å²) in [5, 5.41) is 0. The highest BCUT2D eigenvalue weighted by atomic mass is 32.2. The number of nitrogens with one attached hydrogen (secondary N) is 1. The van der Waals surface area contributed by atoms with Gasteiger partial charge in [-0.05, 0) is 12.8 Å². The van der Waals surface area contributed by atoms with Crippen molar-refractivity contribution in [1.29, 1.82) is 0 Å². The molecule has 0 saturated heterocycles. The Morgan fingerprint density at radius 2 is 1.81 bits per heavy atom. The summed E-state index contributed by atoms with van der Waals surface area (Å²) in [4.78, 5) is 0. The molecule has 0 radical (unpaired) electrons. The third-order valence-corrected chi connectivity index (χ3v) is 4.96. The van der Waals surface area contributed by atoms with Gasteiger partial charge in [-0.1, -0.05) is 26.7 Å². The molecule has 0 aliphatic heterocycles. The number of nitrogens with two attached hydrogens (primary N) is 1. The van der Waals surface area contributed by atoms with E-state index in [-0.39, 0.29) is 12.1 Å². The van der Waals surface area contributed by atoms with Crippen LogP contribution in [0.25, 0.3) is 0 Å². The summed E-state index contributed by atoms with van der Waals surface area (Å²) in [6, 6.07) is -0.140. The first-order valence-electron chi connectivity index (χ1n) is 6.04. The van der Waals surface area contributed by atoms with Crippen LogP contribution in [-0.4, -0.2) is 37.9 Å². The number of hydrogen-bond donors (Lipinski definition) is 2. The van der Waals surface area contributed by atoms with Gasteiger partial charge in [-0.2, -0.15) is 17.4 Å². The second kappa shape index (κ2) is 5.95. The molecule has 0 aromatic rings. The van der Waals surface area contributed by atoms with Crippen LogP contribution in [0.4, 0.5) is 0 Å². The molecule has 2 atom stereocenters. The molecule has 6 heteroatoms. The van der Waals surface area contributed by atoms with Crippen LogP contribution in [0.3, 0.4) is 0 Å². The lowest BCUT2D eigenvalue weighted by Gasteiger charge is -2.31. The standard InChI is InChI=1S/C10H23N3O2S/c1-3-13(4-2)16(14,15)12-10-8-6-5-7-9(10)11/h9-10,12H,3-8,11H2,1-2H3. The summed E-state index contributed by atoms with van der Waals surface area (Å²) in [6.45, 7) is 4.66. The van der Waals surface area contributed by atoms with Crippen molar-refractivity contribution >= 4 is 10.2 Å².